The first kappa shape index (κ1) is 9.83. The molecule has 3 N–H and O–H groups in total. The Morgan fingerprint density at radius 3 is 3.00 bits per heavy atom. The van der Waals surface area contributed by atoms with E-state index in [2.05, 4.69) is 5.32 Å². The van der Waals surface area contributed by atoms with Crippen molar-refractivity contribution in [2.45, 2.75) is 18.8 Å². The minimum atomic E-state index is -0.800. The smallest absolute Gasteiger partial charge is 0.311 e. The van der Waals surface area contributed by atoms with Gasteiger partial charge < -0.3 is 15.5 Å². The molecule has 1 aromatic carbocycles. The van der Waals surface area contributed by atoms with Crippen LogP contribution in [0.5, 0.6) is 5.75 Å². The number of phenolic OH excluding ortho intramolecular Hbond substituents is 1. The van der Waals surface area contributed by atoms with Crippen LogP contribution in [0.25, 0.3) is 0 Å². The highest BCUT2D eigenvalue weighted by Crippen LogP contribution is 2.33. The minimum Gasteiger partial charge on any atom is -0.508 e. The van der Waals surface area contributed by atoms with Crippen molar-refractivity contribution >= 4 is 11.7 Å². The summed E-state index contributed by atoms with van der Waals surface area (Å²) in [6.07, 6.45) is 1.46. The van der Waals surface area contributed by atoms with E-state index in [0.717, 1.165) is 24.2 Å². The summed E-state index contributed by atoms with van der Waals surface area (Å²) >= 11 is 0. The van der Waals surface area contributed by atoms with E-state index in [1.165, 1.54) is 6.07 Å². The monoisotopic (exact) mass is 207 g/mol. The van der Waals surface area contributed by atoms with Crippen LogP contribution in [0.15, 0.2) is 18.2 Å². The van der Waals surface area contributed by atoms with Crippen molar-refractivity contribution in [1.29, 1.82) is 0 Å². The molecule has 1 aromatic rings. The quantitative estimate of drug-likeness (QED) is 0.656. The lowest BCUT2D eigenvalue weighted by Gasteiger charge is -2.12. The van der Waals surface area contributed by atoms with Crippen LogP contribution in [0.2, 0.25) is 0 Å². The number of hydrogen-bond donors (Lipinski definition) is 3. The van der Waals surface area contributed by atoms with Gasteiger partial charge in [0, 0.05) is 18.3 Å². The van der Waals surface area contributed by atoms with Crippen LogP contribution in [-0.2, 0) is 4.79 Å². The number of aliphatic carboxylic acids is 1. The topological polar surface area (TPSA) is 69.6 Å². The van der Waals surface area contributed by atoms with Crippen molar-refractivity contribution in [1.82, 2.24) is 0 Å². The Kier molecular flexibility index (Phi) is 2.49. The van der Waals surface area contributed by atoms with Crippen LogP contribution in [-0.4, -0.2) is 22.7 Å². The Labute approximate surface area is 87.6 Å². The maximum atomic E-state index is 11.1. The van der Waals surface area contributed by atoms with Crippen LogP contribution < -0.4 is 5.32 Å². The highest BCUT2D eigenvalue weighted by atomic mass is 16.4. The van der Waals surface area contributed by atoms with Gasteiger partial charge in [0.15, 0.2) is 0 Å². The van der Waals surface area contributed by atoms with Gasteiger partial charge in [0.25, 0.3) is 0 Å². The molecule has 0 bridgehead atoms. The molecule has 4 heteroatoms. The molecule has 4 nitrogen and oxygen atoms in total. The van der Waals surface area contributed by atoms with Gasteiger partial charge in [-0.2, -0.15) is 0 Å². The van der Waals surface area contributed by atoms with Gasteiger partial charge in [0.05, 0.1) is 5.92 Å². The second-order valence-corrected chi connectivity index (χ2v) is 3.73. The molecule has 1 atom stereocenters. The summed E-state index contributed by atoms with van der Waals surface area (Å²) in [7, 11) is 0. The van der Waals surface area contributed by atoms with Gasteiger partial charge in [0.2, 0.25) is 0 Å². The summed E-state index contributed by atoms with van der Waals surface area (Å²) in [4.78, 5) is 11.1. The SMILES string of the molecule is O=C(O)C1CCCNc2cc(O)ccc21. The fourth-order valence-electron chi connectivity index (χ4n) is 1.94. The second-order valence-electron chi connectivity index (χ2n) is 3.73. The zero-order valence-corrected chi connectivity index (χ0v) is 8.23. The van der Waals surface area contributed by atoms with E-state index in [9.17, 15) is 9.90 Å². The second kappa shape index (κ2) is 3.81. The van der Waals surface area contributed by atoms with Gasteiger partial charge in [-0.15, -0.1) is 0 Å². The molecule has 1 aliphatic heterocycles. The summed E-state index contributed by atoms with van der Waals surface area (Å²) in [5, 5.41) is 21.5. The molecule has 0 fully saturated rings. The molecule has 80 valence electrons. The Morgan fingerprint density at radius 1 is 1.47 bits per heavy atom. The molecule has 0 aliphatic carbocycles. The van der Waals surface area contributed by atoms with Gasteiger partial charge >= 0.3 is 5.97 Å². The Bertz CT molecular complexity index is 389. The van der Waals surface area contributed by atoms with Crippen molar-refractivity contribution in [3.63, 3.8) is 0 Å². The fourth-order valence-corrected chi connectivity index (χ4v) is 1.94. The summed E-state index contributed by atoms with van der Waals surface area (Å²) in [5.41, 5.74) is 1.50. The fraction of sp³-hybridized carbons (Fsp3) is 0.364. The lowest BCUT2D eigenvalue weighted by atomic mass is 9.94. The van der Waals surface area contributed by atoms with E-state index in [1.807, 2.05) is 0 Å². The first-order chi connectivity index (χ1) is 7.18. The number of benzene rings is 1. The molecule has 0 amide bonds. The molecule has 0 saturated heterocycles. The number of anilines is 1. The number of carboxylic acid groups (broad SMARTS) is 1. The van der Waals surface area contributed by atoms with Crippen LogP contribution >= 0.6 is 0 Å². The zero-order chi connectivity index (χ0) is 10.8. The highest BCUT2D eigenvalue weighted by Gasteiger charge is 2.24. The van der Waals surface area contributed by atoms with Crippen LogP contribution in [0.1, 0.15) is 24.3 Å². The van der Waals surface area contributed by atoms with Crippen LogP contribution in [0, 0.1) is 0 Å². The van der Waals surface area contributed by atoms with E-state index in [-0.39, 0.29) is 5.75 Å². The molecular weight excluding hydrogens is 194 g/mol. The van der Waals surface area contributed by atoms with E-state index < -0.39 is 11.9 Å². The molecule has 0 saturated carbocycles. The number of aromatic hydroxyl groups is 1. The van der Waals surface area contributed by atoms with E-state index in [0.29, 0.717) is 6.42 Å². The molecule has 1 unspecified atom stereocenters. The summed E-state index contributed by atoms with van der Waals surface area (Å²) in [6, 6.07) is 4.79. The van der Waals surface area contributed by atoms with Crippen molar-refractivity contribution < 1.29 is 15.0 Å². The number of hydrogen-bond acceptors (Lipinski definition) is 3. The van der Waals surface area contributed by atoms with Crippen molar-refractivity contribution in [2.75, 3.05) is 11.9 Å². The number of rotatable bonds is 1. The van der Waals surface area contributed by atoms with E-state index >= 15 is 0 Å². The number of phenols is 1. The molecule has 1 heterocycles. The Balaban J connectivity index is 2.45. The molecule has 0 spiro atoms. The van der Waals surface area contributed by atoms with Crippen LogP contribution in [0.3, 0.4) is 0 Å². The minimum absolute atomic E-state index is 0.160. The maximum absolute atomic E-state index is 11.1. The standard InChI is InChI=1S/C11H13NO3/c13-7-3-4-8-9(11(14)15)2-1-5-12-10(8)6-7/h3-4,6,9,12-13H,1-2,5H2,(H,14,15). The highest BCUT2D eigenvalue weighted by molar-refractivity contribution is 5.79. The molecular formula is C11H13NO3. The van der Waals surface area contributed by atoms with Gasteiger partial charge in [0.1, 0.15) is 5.75 Å². The molecule has 0 aromatic heterocycles. The molecule has 2 rings (SSSR count). The Hall–Kier alpha value is -1.71. The maximum Gasteiger partial charge on any atom is 0.311 e. The lowest BCUT2D eigenvalue weighted by molar-refractivity contribution is -0.138. The first-order valence-electron chi connectivity index (χ1n) is 4.98. The molecule has 0 radical (unpaired) electrons. The number of nitrogens with one attached hydrogen (secondary N) is 1. The van der Waals surface area contributed by atoms with E-state index in [4.69, 9.17) is 5.11 Å². The average Bonchev–Trinajstić information content (AvgIpc) is 2.38. The third-order valence-electron chi connectivity index (χ3n) is 2.70. The number of carboxylic acids is 1. The van der Waals surface area contributed by atoms with Gasteiger partial charge in [-0.05, 0) is 24.5 Å². The third kappa shape index (κ3) is 1.88. The number of carbonyl (C=O) groups is 1. The van der Waals surface area contributed by atoms with Gasteiger partial charge in [-0.25, -0.2) is 0 Å². The predicted octanol–water partition coefficient (Wildman–Crippen LogP) is 1.77. The summed E-state index contributed by atoms with van der Waals surface area (Å²) in [5.74, 6) is -1.10. The van der Waals surface area contributed by atoms with Crippen LogP contribution in [0.4, 0.5) is 5.69 Å². The first-order valence-corrected chi connectivity index (χ1v) is 4.98. The van der Waals surface area contributed by atoms with Crippen molar-refractivity contribution in [3.05, 3.63) is 23.8 Å². The summed E-state index contributed by atoms with van der Waals surface area (Å²) in [6.45, 7) is 0.750. The summed E-state index contributed by atoms with van der Waals surface area (Å²) < 4.78 is 0. The molecule has 15 heavy (non-hydrogen) atoms. The Morgan fingerprint density at radius 2 is 2.27 bits per heavy atom. The lowest BCUT2D eigenvalue weighted by Crippen LogP contribution is -2.10. The number of fused-ring (bicyclic) bond motifs is 1. The van der Waals surface area contributed by atoms with Crippen molar-refractivity contribution in [2.24, 2.45) is 0 Å². The normalized spacial score (nSPS) is 19.9. The molecule has 1 aliphatic rings. The van der Waals surface area contributed by atoms with Gasteiger partial charge in [-0.3, -0.25) is 4.79 Å². The zero-order valence-electron chi connectivity index (χ0n) is 8.23. The van der Waals surface area contributed by atoms with Gasteiger partial charge in [-0.1, -0.05) is 6.07 Å². The third-order valence-corrected chi connectivity index (χ3v) is 2.70. The predicted molar refractivity (Wildman–Crippen MR) is 56.2 cm³/mol. The average molecular weight is 207 g/mol. The van der Waals surface area contributed by atoms with Crippen molar-refractivity contribution in [3.8, 4) is 5.75 Å². The largest absolute Gasteiger partial charge is 0.508 e. The van der Waals surface area contributed by atoms with E-state index in [1.54, 1.807) is 12.1 Å².